The van der Waals surface area contributed by atoms with E-state index in [4.69, 9.17) is 4.74 Å². The zero-order valence-corrected chi connectivity index (χ0v) is 14.8. The van der Waals surface area contributed by atoms with Crippen LogP contribution in [0.15, 0.2) is 24.3 Å². The lowest BCUT2D eigenvalue weighted by Gasteiger charge is -2.37. The maximum absolute atomic E-state index is 5.99. The Morgan fingerprint density at radius 1 is 0.864 bits per heavy atom. The SMILES string of the molecule is C/C=C/C=C/COC1CCC(C2CCC(CCC)CC2)CC1. The van der Waals surface area contributed by atoms with Crippen molar-refractivity contribution in [3.63, 3.8) is 0 Å². The minimum absolute atomic E-state index is 0.517. The Bertz CT molecular complexity index is 328. The molecule has 2 fully saturated rings. The summed E-state index contributed by atoms with van der Waals surface area (Å²) in [6.45, 7) is 5.16. The van der Waals surface area contributed by atoms with Crippen LogP contribution in [0.1, 0.15) is 78.1 Å². The first-order valence-corrected chi connectivity index (χ1v) is 9.72. The molecule has 0 atom stereocenters. The van der Waals surface area contributed by atoms with Gasteiger partial charge in [0, 0.05) is 0 Å². The molecule has 1 nitrogen and oxygen atoms in total. The van der Waals surface area contributed by atoms with Gasteiger partial charge in [0.1, 0.15) is 0 Å². The maximum Gasteiger partial charge on any atom is 0.0654 e. The predicted molar refractivity (Wildman–Crippen MR) is 96.0 cm³/mol. The van der Waals surface area contributed by atoms with Gasteiger partial charge in [-0.1, -0.05) is 56.9 Å². The van der Waals surface area contributed by atoms with E-state index in [9.17, 15) is 0 Å². The molecule has 0 heterocycles. The second-order valence-corrected chi connectivity index (χ2v) is 7.39. The molecule has 0 amide bonds. The summed E-state index contributed by atoms with van der Waals surface area (Å²) in [6, 6.07) is 0. The molecule has 0 aromatic heterocycles. The first-order chi connectivity index (χ1) is 10.8. The van der Waals surface area contributed by atoms with Gasteiger partial charge in [0.15, 0.2) is 0 Å². The Morgan fingerprint density at radius 2 is 1.50 bits per heavy atom. The van der Waals surface area contributed by atoms with Gasteiger partial charge < -0.3 is 4.74 Å². The molecular formula is C21H36O. The molecule has 0 spiro atoms. The summed E-state index contributed by atoms with van der Waals surface area (Å²) in [5.74, 6) is 3.08. The zero-order chi connectivity index (χ0) is 15.6. The van der Waals surface area contributed by atoms with E-state index in [1.54, 1.807) is 0 Å². The normalized spacial score (nSPS) is 33.7. The van der Waals surface area contributed by atoms with Crippen LogP contribution in [0.5, 0.6) is 0 Å². The fourth-order valence-corrected chi connectivity index (χ4v) is 4.52. The first kappa shape index (κ1) is 17.8. The van der Waals surface area contributed by atoms with Crippen LogP contribution in [0.2, 0.25) is 0 Å². The molecule has 2 aliphatic carbocycles. The third-order valence-electron chi connectivity index (χ3n) is 5.84. The number of allylic oxidation sites excluding steroid dienone is 3. The van der Waals surface area contributed by atoms with E-state index in [1.807, 2.05) is 6.92 Å². The topological polar surface area (TPSA) is 9.23 Å². The standard InChI is InChI=1S/C21H36O/c1-3-5-6-7-17-22-21-15-13-20(14-16-21)19-11-9-18(8-4-2)10-12-19/h3,5-7,18-21H,4,8-17H2,1-2H3/b5-3+,7-6+. The molecule has 0 bridgehead atoms. The number of ether oxygens (including phenoxy) is 1. The minimum atomic E-state index is 0.517. The van der Waals surface area contributed by atoms with Crippen LogP contribution >= 0.6 is 0 Å². The summed E-state index contributed by atoms with van der Waals surface area (Å²) in [5.41, 5.74) is 0. The lowest BCUT2D eigenvalue weighted by Crippen LogP contribution is -2.28. The quantitative estimate of drug-likeness (QED) is 0.501. The summed E-state index contributed by atoms with van der Waals surface area (Å²) >= 11 is 0. The van der Waals surface area contributed by atoms with Crippen LogP contribution in [0.4, 0.5) is 0 Å². The third-order valence-corrected chi connectivity index (χ3v) is 5.84. The zero-order valence-electron chi connectivity index (χ0n) is 14.8. The molecule has 1 heteroatoms. The Hall–Kier alpha value is -0.560. The molecule has 0 radical (unpaired) electrons. The summed E-state index contributed by atoms with van der Waals surface area (Å²) in [4.78, 5) is 0. The molecule has 0 aliphatic heterocycles. The van der Waals surface area contributed by atoms with E-state index in [0.717, 1.165) is 24.4 Å². The second-order valence-electron chi connectivity index (χ2n) is 7.39. The van der Waals surface area contributed by atoms with Crippen molar-refractivity contribution in [2.75, 3.05) is 6.61 Å². The van der Waals surface area contributed by atoms with Gasteiger partial charge >= 0.3 is 0 Å². The van der Waals surface area contributed by atoms with E-state index >= 15 is 0 Å². The molecule has 126 valence electrons. The number of hydrogen-bond acceptors (Lipinski definition) is 1. The van der Waals surface area contributed by atoms with E-state index in [0.29, 0.717) is 6.10 Å². The van der Waals surface area contributed by atoms with Gasteiger partial charge in [-0.2, -0.15) is 0 Å². The van der Waals surface area contributed by atoms with Crippen molar-refractivity contribution in [1.29, 1.82) is 0 Å². The fraction of sp³-hybridized carbons (Fsp3) is 0.810. The lowest BCUT2D eigenvalue weighted by molar-refractivity contribution is 0.0210. The Kier molecular flexibility index (Phi) is 8.30. The van der Waals surface area contributed by atoms with E-state index in [2.05, 4.69) is 31.2 Å². The maximum atomic E-state index is 5.99. The first-order valence-electron chi connectivity index (χ1n) is 9.72. The average molecular weight is 305 g/mol. The molecule has 0 unspecified atom stereocenters. The molecule has 2 aliphatic rings. The third kappa shape index (κ3) is 5.91. The highest BCUT2D eigenvalue weighted by atomic mass is 16.5. The fourth-order valence-electron chi connectivity index (χ4n) is 4.52. The molecule has 0 aromatic rings. The predicted octanol–water partition coefficient (Wildman–Crippen LogP) is 6.30. The van der Waals surface area contributed by atoms with Crippen LogP contribution < -0.4 is 0 Å². The van der Waals surface area contributed by atoms with Gasteiger partial charge in [0.05, 0.1) is 12.7 Å². The molecule has 2 rings (SSSR count). The smallest absolute Gasteiger partial charge is 0.0654 e. The van der Waals surface area contributed by atoms with Crippen LogP contribution in [0.25, 0.3) is 0 Å². The summed E-state index contributed by atoms with van der Waals surface area (Å²) < 4.78 is 5.99. The highest BCUT2D eigenvalue weighted by Crippen LogP contribution is 2.41. The molecule has 2 saturated carbocycles. The monoisotopic (exact) mass is 304 g/mol. The second kappa shape index (κ2) is 10.3. The van der Waals surface area contributed by atoms with Crippen molar-refractivity contribution < 1.29 is 4.74 Å². The van der Waals surface area contributed by atoms with Crippen LogP contribution in [-0.4, -0.2) is 12.7 Å². The van der Waals surface area contributed by atoms with Gasteiger partial charge in [-0.15, -0.1) is 0 Å². The Balaban J connectivity index is 1.61. The van der Waals surface area contributed by atoms with Gasteiger partial charge in [-0.3, -0.25) is 0 Å². The number of hydrogen-bond donors (Lipinski definition) is 0. The summed E-state index contributed by atoms with van der Waals surface area (Å²) in [5, 5.41) is 0. The largest absolute Gasteiger partial charge is 0.374 e. The lowest BCUT2D eigenvalue weighted by atomic mass is 9.70. The molecule has 0 saturated heterocycles. The highest BCUT2D eigenvalue weighted by molar-refractivity contribution is 5.01. The van der Waals surface area contributed by atoms with Crippen LogP contribution in [0.3, 0.4) is 0 Å². The Morgan fingerprint density at radius 3 is 2.09 bits per heavy atom. The highest BCUT2D eigenvalue weighted by Gasteiger charge is 2.30. The van der Waals surface area contributed by atoms with Crippen molar-refractivity contribution in [3.05, 3.63) is 24.3 Å². The van der Waals surface area contributed by atoms with E-state index in [1.165, 1.54) is 64.2 Å². The average Bonchev–Trinajstić information content (AvgIpc) is 2.56. The van der Waals surface area contributed by atoms with E-state index < -0.39 is 0 Å². The van der Waals surface area contributed by atoms with Crippen molar-refractivity contribution in [1.82, 2.24) is 0 Å². The van der Waals surface area contributed by atoms with Crippen molar-refractivity contribution in [3.8, 4) is 0 Å². The van der Waals surface area contributed by atoms with Crippen molar-refractivity contribution >= 4 is 0 Å². The molecule has 0 aromatic carbocycles. The molecule has 0 N–H and O–H groups in total. The van der Waals surface area contributed by atoms with E-state index in [-0.39, 0.29) is 0 Å². The summed E-state index contributed by atoms with van der Waals surface area (Å²) in [6.07, 6.45) is 23.1. The van der Waals surface area contributed by atoms with Crippen molar-refractivity contribution in [2.45, 2.75) is 84.2 Å². The van der Waals surface area contributed by atoms with Gasteiger partial charge in [-0.25, -0.2) is 0 Å². The minimum Gasteiger partial charge on any atom is -0.374 e. The molecule has 22 heavy (non-hydrogen) atoms. The van der Waals surface area contributed by atoms with Gasteiger partial charge in [-0.05, 0) is 63.2 Å². The van der Waals surface area contributed by atoms with Crippen molar-refractivity contribution in [2.24, 2.45) is 17.8 Å². The van der Waals surface area contributed by atoms with Crippen LogP contribution in [-0.2, 0) is 4.74 Å². The summed E-state index contributed by atoms with van der Waals surface area (Å²) in [7, 11) is 0. The van der Waals surface area contributed by atoms with Crippen LogP contribution in [0, 0.1) is 17.8 Å². The number of rotatable bonds is 7. The van der Waals surface area contributed by atoms with Gasteiger partial charge in [0.25, 0.3) is 0 Å². The molecular weight excluding hydrogens is 268 g/mol. The Labute approximate surface area is 138 Å². The van der Waals surface area contributed by atoms with Gasteiger partial charge in [0.2, 0.25) is 0 Å².